The number of rotatable bonds is 2. The summed E-state index contributed by atoms with van der Waals surface area (Å²) >= 11 is 0. The van der Waals surface area contributed by atoms with Crippen LogP contribution in [0.2, 0.25) is 0 Å². The van der Waals surface area contributed by atoms with Crippen molar-refractivity contribution in [3.63, 3.8) is 0 Å². The smallest absolute Gasteiger partial charge is 0.415 e. The molecule has 1 unspecified atom stereocenters. The standard InChI is InChI=1S/C12H18F3NO3/c1-9(2,3)19-8(17)11-4-10(5-11,6-16)18-7(11)12(13,14)15/h7H,4-6,16H2,1-3H3. The van der Waals surface area contributed by atoms with Crippen molar-refractivity contribution in [2.24, 2.45) is 11.1 Å². The molecule has 3 aliphatic rings. The molecule has 1 aliphatic carbocycles. The highest BCUT2D eigenvalue weighted by Gasteiger charge is 2.77. The zero-order chi connectivity index (χ0) is 14.7. The van der Waals surface area contributed by atoms with E-state index in [1.165, 1.54) is 0 Å². The first-order chi connectivity index (χ1) is 8.44. The fraction of sp³-hybridized carbons (Fsp3) is 0.917. The molecule has 4 nitrogen and oxygen atoms in total. The predicted molar refractivity (Wildman–Crippen MR) is 60.2 cm³/mol. The van der Waals surface area contributed by atoms with Crippen molar-refractivity contribution >= 4 is 5.97 Å². The van der Waals surface area contributed by atoms with Gasteiger partial charge in [-0.15, -0.1) is 0 Å². The van der Waals surface area contributed by atoms with Gasteiger partial charge >= 0.3 is 12.1 Å². The van der Waals surface area contributed by atoms with E-state index >= 15 is 0 Å². The molecule has 2 bridgehead atoms. The maximum Gasteiger partial charge on any atom is 0.415 e. The number of halogens is 3. The van der Waals surface area contributed by atoms with Gasteiger partial charge in [-0.3, -0.25) is 4.79 Å². The zero-order valence-electron chi connectivity index (χ0n) is 11.1. The van der Waals surface area contributed by atoms with Gasteiger partial charge in [-0.2, -0.15) is 13.2 Å². The van der Waals surface area contributed by atoms with Crippen molar-refractivity contribution in [1.82, 2.24) is 0 Å². The maximum atomic E-state index is 13.0. The lowest BCUT2D eigenvalue weighted by Gasteiger charge is -2.43. The lowest BCUT2D eigenvalue weighted by molar-refractivity contribution is -0.229. The van der Waals surface area contributed by atoms with Gasteiger partial charge in [0.05, 0.1) is 5.60 Å². The molecule has 2 N–H and O–H groups in total. The first kappa shape index (κ1) is 14.6. The molecule has 0 spiro atoms. The minimum Gasteiger partial charge on any atom is -0.459 e. The fourth-order valence-corrected chi connectivity index (χ4v) is 2.93. The molecule has 0 aromatic heterocycles. The number of fused-ring (bicyclic) bond motifs is 1. The number of alkyl halides is 3. The van der Waals surface area contributed by atoms with Crippen LogP contribution in [0.1, 0.15) is 33.6 Å². The van der Waals surface area contributed by atoms with E-state index in [2.05, 4.69) is 0 Å². The number of nitrogens with two attached hydrogens (primary N) is 1. The third-order valence-electron chi connectivity index (χ3n) is 3.62. The molecule has 3 fully saturated rings. The fourth-order valence-electron chi connectivity index (χ4n) is 2.93. The van der Waals surface area contributed by atoms with Crippen molar-refractivity contribution in [2.45, 2.75) is 57.1 Å². The Morgan fingerprint density at radius 2 is 1.89 bits per heavy atom. The van der Waals surface area contributed by atoms with Crippen molar-refractivity contribution in [1.29, 1.82) is 0 Å². The van der Waals surface area contributed by atoms with E-state index in [0.29, 0.717) is 0 Å². The van der Waals surface area contributed by atoms with Gasteiger partial charge in [0.1, 0.15) is 11.0 Å². The molecule has 110 valence electrons. The van der Waals surface area contributed by atoms with Gasteiger partial charge in [-0.1, -0.05) is 0 Å². The SMILES string of the molecule is CC(C)(C)OC(=O)C12CC(CN)(C1)OC2C(F)(F)F. The Balaban J connectivity index is 2.25. The quantitative estimate of drug-likeness (QED) is 0.784. The average Bonchev–Trinajstić information content (AvgIpc) is 2.64. The minimum atomic E-state index is -4.59. The highest BCUT2D eigenvalue weighted by molar-refractivity contribution is 5.81. The van der Waals surface area contributed by atoms with Gasteiger partial charge in [0, 0.05) is 6.54 Å². The number of ether oxygens (including phenoxy) is 2. The Labute approximate surface area is 109 Å². The van der Waals surface area contributed by atoms with Crippen LogP contribution < -0.4 is 5.73 Å². The van der Waals surface area contributed by atoms with E-state index in [0.717, 1.165) is 0 Å². The van der Waals surface area contributed by atoms with E-state index in [1.807, 2.05) is 0 Å². The van der Waals surface area contributed by atoms with E-state index in [-0.39, 0.29) is 19.4 Å². The van der Waals surface area contributed by atoms with E-state index in [4.69, 9.17) is 15.2 Å². The number of hydrogen-bond donors (Lipinski definition) is 1. The molecule has 0 amide bonds. The third kappa shape index (κ3) is 2.23. The van der Waals surface area contributed by atoms with Crippen molar-refractivity contribution in [2.75, 3.05) is 6.54 Å². The Morgan fingerprint density at radius 1 is 1.37 bits per heavy atom. The van der Waals surface area contributed by atoms with Gasteiger partial charge < -0.3 is 15.2 Å². The summed E-state index contributed by atoms with van der Waals surface area (Å²) in [6.45, 7) is 4.84. The van der Waals surface area contributed by atoms with Gasteiger partial charge in [-0.05, 0) is 33.6 Å². The molecule has 2 heterocycles. The number of hydrogen-bond acceptors (Lipinski definition) is 4. The Bertz CT molecular complexity index is 394. The van der Waals surface area contributed by atoms with Crippen molar-refractivity contribution < 1.29 is 27.4 Å². The summed E-state index contributed by atoms with van der Waals surface area (Å²) in [4.78, 5) is 12.1. The second-order valence-electron chi connectivity index (χ2n) is 6.44. The molecule has 1 atom stereocenters. The van der Waals surface area contributed by atoms with E-state index < -0.39 is 34.9 Å². The van der Waals surface area contributed by atoms with Gasteiger partial charge in [0.2, 0.25) is 0 Å². The molecule has 0 aromatic rings. The van der Waals surface area contributed by atoms with Crippen LogP contribution in [-0.2, 0) is 14.3 Å². The van der Waals surface area contributed by atoms with Crippen molar-refractivity contribution in [3.05, 3.63) is 0 Å². The molecule has 0 radical (unpaired) electrons. The molecule has 3 rings (SSSR count). The lowest BCUT2D eigenvalue weighted by Crippen LogP contribution is -2.56. The first-order valence-corrected chi connectivity index (χ1v) is 6.12. The largest absolute Gasteiger partial charge is 0.459 e. The molecular formula is C12H18F3NO3. The highest BCUT2D eigenvalue weighted by Crippen LogP contribution is 2.65. The van der Waals surface area contributed by atoms with Crippen LogP contribution >= 0.6 is 0 Å². The second-order valence-corrected chi connectivity index (χ2v) is 6.44. The topological polar surface area (TPSA) is 61.5 Å². The van der Waals surface area contributed by atoms with Crippen LogP contribution in [0.25, 0.3) is 0 Å². The van der Waals surface area contributed by atoms with Crippen LogP contribution in [0.15, 0.2) is 0 Å². The third-order valence-corrected chi connectivity index (χ3v) is 3.62. The van der Waals surface area contributed by atoms with E-state index in [9.17, 15) is 18.0 Å². The molecule has 2 aliphatic heterocycles. The molecule has 0 aromatic carbocycles. The molecule has 19 heavy (non-hydrogen) atoms. The molecule has 2 saturated heterocycles. The Morgan fingerprint density at radius 3 is 2.26 bits per heavy atom. The summed E-state index contributed by atoms with van der Waals surface area (Å²) in [5.41, 5.74) is 1.99. The highest BCUT2D eigenvalue weighted by atomic mass is 19.4. The van der Waals surface area contributed by atoms with Gasteiger partial charge in [0.15, 0.2) is 6.10 Å². The summed E-state index contributed by atoms with van der Waals surface area (Å²) < 4.78 is 49.2. The van der Waals surface area contributed by atoms with Gasteiger partial charge in [-0.25, -0.2) is 0 Å². The van der Waals surface area contributed by atoms with E-state index in [1.54, 1.807) is 20.8 Å². The normalized spacial score (nSPS) is 37.9. The number of carbonyl (C=O) groups is 1. The monoisotopic (exact) mass is 281 g/mol. The molecular weight excluding hydrogens is 263 g/mol. The van der Waals surface area contributed by atoms with Crippen molar-refractivity contribution in [3.8, 4) is 0 Å². The molecule has 7 heteroatoms. The average molecular weight is 281 g/mol. The molecule has 1 saturated carbocycles. The summed E-state index contributed by atoms with van der Waals surface area (Å²) in [7, 11) is 0. The maximum absolute atomic E-state index is 13.0. The Hall–Kier alpha value is -0.820. The van der Waals surface area contributed by atoms with Crippen LogP contribution in [0.3, 0.4) is 0 Å². The van der Waals surface area contributed by atoms with Crippen LogP contribution in [-0.4, -0.2) is 36.0 Å². The first-order valence-electron chi connectivity index (χ1n) is 6.12. The Kier molecular flexibility index (Phi) is 2.96. The lowest BCUT2D eigenvalue weighted by atomic mass is 9.59. The summed E-state index contributed by atoms with van der Waals surface area (Å²) in [6, 6.07) is 0. The summed E-state index contributed by atoms with van der Waals surface area (Å²) in [5, 5.41) is 0. The number of esters is 1. The second kappa shape index (κ2) is 3.85. The predicted octanol–water partition coefficient (Wildman–Crippen LogP) is 1.77. The van der Waals surface area contributed by atoms with Crippen LogP contribution in [0, 0.1) is 5.41 Å². The summed E-state index contributed by atoms with van der Waals surface area (Å²) in [5.74, 6) is -0.844. The minimum absolute atomic E-state index is 0.0183. The van der Waals surface area contributed by atoms with Gasteiger partial charge in [0.25, 0.3) is 0 Å². The van der Waals surface area contributed by atoms with Crippen LogP contribution in [0.5, 0.6) is 0 Å². The zero-order valence-corrected chi connectivity index (χ0v) is 11.1. The van der Waals surface area contributed by atoms with Crippen LogP contribution in [0.4, 0.5) is 13.2 Å². The summed E-state index contributed by atoms with van der Waals surface area (Å²) in [6.07, 6.45) is -6.74. The number of carbonyl (C=O) groups excluding carboxylic acids is 1.